The molecule has 2 aromatic carbocycles. The molecule has 5 nitrogen and oxygen atoms in total. The highest BCUT2D eigenvalue weighted by Crippen LogP contribution is 2.30. The van der Waals surface area contributed by atoms with Gasteiger partial charge >= 0.3 is 0 Å². The van der Waals surface area contributed by atoms with Gasteiger partial charge in [-0.15, -0.1) is 10.2 Å². The molecule has 0 bridgehead atoms. The summed E-state index contributed by atoms with van der Waals surface area (Å²) in [6.07, 6.45) is 13.4. The molecular formula is C25H29N5. The number of aromatic nitrogens is 4. The quantitative estimate of drug-likeness (QED) is 0.458. The van der Waals surface area contributed by atoms with Gasteiger partial charge in [-0.1, -0.05) is 30.3 Å². The van der Waals surface area contributed by atoms with E-state index >= 15 is 0 Å². The molecule has 1 aliphatic rings. The second-order valence-corrected chi connectivity index (χ2v) is 8.54. The summed E-state index contributed by atoms with van der Waals surface area (Å²) < 4.78 is 1.96. The number of benzene rings is 2. The van der Waals surface area contributed by atoms with Gasteiger partial charge < -0.3 is 10.3 Å². The molecule has 0 unspecified atom stereocenters. The van der Waals surface area contributed by atoms with Crippen LogP contribution in [0.4, 0.5) is 0 Å². The first kappa shape index (κ1) is 19.1. The molecule has 2 aromatic heterocycles. The number of nitrogens with one attached hydrogen (secondary N) is 2. The lowest BCUT2D eigenvalue weighted by molar-refractivity contribution is 0.279. The molecule has 1 fully saturated rings. The van der Waals surface area contributed by atoms with Gasteiger partial charge in [0.1, 0.15) is 12.7 Å². The first-order valence-corrected chi connectivity index (χ1v) is 11.1. The minimum atomic E-state index is 0.667. The highest BCUT2D eigenvalue weighted by Gasteiger charge is 2.21. The van der Waals surface area contributed by atoms with Crippen molar-refractivity contribution in [2.75, 3.05) is 0 Å². The second-order valence-electron chi connectivity index (χ2n) is 8.54. The number of hydrogen-bond acceptors (Lipinski definition) is 3. The van der Waals surface area contributed by atoms with Crippen molar-refractivity contribution >= 4 is 10.9 Å². The number of rotatable bonds is 7. The topological polar surface area (TPSA) is 58.5 Å². The summed E-state index contributed by atoms with van der Waals surface area (Å²) >= 11 is 0. The average Bonchev–Trinajstić information content (AvgIpc) is 3.47. The van der Waals surface area contributed by atoms with Crippen molar-refractivity contribution in [2.24, 2.45) is 5.92 Å². The van der Waals surface area contributed by atoms with Crippen molar-refractivity contribution < 1.29 is 0 Å². The summed E-state index contributed by atoms with van der Waals surface area (Å²) in [5.41, 5.74) is 5.11. The SMILES string of the molecule is c1ccc(CNC2CCC(CCc3c[nH]c4ccc(-n5cnnc5)cc34)CC2)cc1. The van der Waals surface area contributed by atoms with E-state index in [9.17, 15) is 0 Å². The fraction of sp³-hybridized carbons (Fsp3) is 0.360. The van der Waals surface area contributed by atoms with Gasteiger partial charge in [0.15, 0.2) is 0 Å². The Kier molecular flexibility index (Phi) is 5.62. The molecule has 1 saturated carbocycles. The fourth-order valence-corrected chi connectivity index (χ4v) is 4.74. The largest absolute Gasteiger partial charge is 0.361 e. The molecule has 0 saturated heterocycles. The number of H-pyrrole nitrogens is 1. The third-order valence-corrected chi connectivity index (χ3v) is 6.57. The minimum absolute atomic E-state index is 0.667. The molecular weight excluding hydrogens is 370 g/mol. The van der Waals surface area contributed by atoms with Gasteiger partial charge in [0.05, 0.1) is 0 Å². The molecule has 2 N–H and O–H groups in total. The van der Waals surface area contributed by atoms with Crippen molar-refractivity contribution in [1.82, 2.24) is 25.1 Å². The van der Waals surface area contributed by atoms with Gasteiger partial charge in [-0.25, -0.2) is 0 Å². The zero-order chi connectivity index (χ0) is 20.2. The molecule has 4 aromatic rings. The Morgan fingerprint density at radius 3 is 2.57 bits per heavy atom. The first-order valence-electron chi connectivity index (χ1n) is 11.1. The number of fused-ring (bicyclic) bond motifs is 1. The van der Waals surface area contributed by atoms with Gasteiger partial charge in [-0.05, 0) is 73.8 Å². The number of aromatic amines is 1. The normalized spacial score (nSPS) is 19.3. The molecule has 154 valence electrons. The van der Waals surface area contributed by atoms with E-state index in [1.807, 2.05) is 4.57 Å². The molecule has 0 aliphatic heterocycles. The Bertz CT molecular complexity index is 1060. The molecule has 5 heteroatoms. The lowest BCUT2D eigenvalue weighted by atomic mass is 9.82. The Morgan fingerprint density at radius 2 is 1.77 bits per heavy atom. The number of hydrogen-bond donors (Lipinski definition) is 2. The zero-order valence-corrected chi connectivity index (χ0v) is 17.3. The minimum Gasteiger partial charge on any atom is -0.361 e. The van der Waals surface area contributed by atoms with E-state index in [-0.39, 0.29) is 0 Å². The summed E-state index contributed by atoms with van der Waals surface area (Å²) in [5, 5.41) is 12.9. The van der Waals surface area contributed by atoms with E-state index in [1.165, 1.54) is 54.1 Å². The van der Waals surface area contributed by atoms with E-state index < -0.39 is 0 Å². The van der Waals surface area contributed by atoms with E-state index in [0.717, 1.165) is 24.6 Å². The molecule has 1 aliphatic carbocycles. The maximum atomic E-state index is 3.92. The lowest BCUT2D eigenvalue weighted by Crippen LogP contribution is -2.32. The van der Waals surface area contributed by atoms with Crippen LogP contribution >= 0.6 is 0 Å². The van der Waals surface area contributed by atoms with Crippen LogP contribution < -0.4 is 5.32 Å². The number of aryl methyl sites for hydroxylation is 1. The van der Waals surface area contributed by atoms with Crippen molar-refractivity contribution in [3.63, 3.8) is 0 Å². The van der Waals surface area contributed by atoms with Crippen molar-refractivity contribution in [3.05, 3.63) is 78.5 Å². The monoisotopic (exact) mass is 399 g/mol. The predicted molar refractivity (Wildman–Crippen MR) is 121 cm³/mol. The molecule has 0 amide bonds. The molecule has 30 heavy (non-hydrogen) atoms. The highest BCUT2D eigenvalue weighted by molar-refractivity contribution is 5.85. The second kappa shape index (κ2) is 8.84. The van der Waals surface area contributed by atoms with E-state index in [2.05, 4.69) is 75.2 Å². The fourth-order valence-electron chi connectivity index (χ4n) is 4.74. The average molecular weight is 400 g/mol. The van der Waals surface area contributed by atoms with Crippen LogP contribution in [0.25, 0.3) is 16.6 Å². The van der Waals surface area contributed by atoms with Crippen LogP contribution in [0.2, 0.25) is 0 Å². The third kappa shape index (κ3) is 4.31. The van der Waals surface area contributed by atoms with Crippen LogP contribution in [0, 0.1) is 5.92 Å². The molecule has 0 atom stereocenters. The Morgan fingerprint density at radius 1 is 0.967 bits per heavy atom. The maximum absolute atomic E-state index is 3.92. The standard InChI is InChI=1S/C25H29N5/c1-2-4-20(5-3-1)15-26-22-10-7-19(8-11-22)6-9-21-16-27-25-13-12-23(14-24(21)25)30-17-28-29-18-30/h1-5,12-14,16-19,22,26-27H,6-11,15H2. The summed E-state index contributed by atoms with van der Waals surface area (Å²) in [5.74, 6) is 0.839. The molecule has 0 radical (unpaired) electrons. The Hall–Kier alpha value is -2.92. The molecule has 5 rings (SSSR count). The van der Waals surface area contributed by atoms with Crippen LogP contribution in [0.1, 0.15) is 43.2 Å². The van der Waals surface area contributed by atoms with Crippen LogP contribution in [-0.2, 0) is 13.0 Å². The zero-order valence-electron chi connectivity index (χ0n) is 17.3. The van der Waals surface area contributed by atoms with Gasteiger partial charge in [0.25, 0.3) is 0 Å². The van der Waals surface area contributed by atoms with E-state index in [0.29, 0.717) is 6.04 Å². The van der Waals surface area contributed by atoms with Crippen LogP contribution in [0.3, 0.4) is 0 Å². The van der Waals surface area contributed by atoms with Gasteiger partial charge in [-0.3, -0.25) is 4.57 Å². The van der Waals surface area contributed by atoms with Crippen LogP contribution in [-0.4, -0.2) is 25.8 Å². The summed E-state index contributed by atoms with van der Waals surface area (Å²) in [7, 11) is 0. The van der Waals surface area contributed by atoms with Crippen molar-refractivity contribution in [1.29, 1.82) is 0 Å². The van der Waals surface area contributed by atoms with E-state index in [4.69, 9.17) is 0 Å². The van der Waals surface area contributed by atoms with E-state index in [1.54, 1.807) is 12.7 Å². The summed E-state index contributed by atoms with van der Waals surface area (Å²) in [6, 6.07) is 17.9. The molecule has 2 heterocycles. The molecule has 0 spiro atoms. The number of nitrogens with zero attached hydrogens (tertiary/aromatic N) is 3. The van der Waals surface area contributed by atoms with Gasteiger partial charge in [-0.2, -0.15) is 0 Å². The van der Waals surface area contributed by atoms with Crippen molar-refractivity contribution in [2.45, 2.75) is 51.1 Å². The van der Waals surface area contributed by atoms with Crippen molar-refractivity contribution in [3.8, 4) is 5.69 Å². The highest BCUT2D eigenvalue weighted by atomic mass is 15.2. The smallest absolute Gasteiger partial charge is 0.123 e. The maximum Gasteiger partial charge on any atom is 0.123 e. The van der Waals surface area contributed by atoms with Gasteiger partial charge in [0, 0.05) is 35.4 Å². The third-order valence-electron chi connectivity index (χ3n) is 6.57. The summed E-state index contributed by atoms with van der Waals surface area (Å²) in [6.45, 7) is 0.986. The van der Waals surface area contributed by atoms with Crippen LogP contribution in [0.15, 0.2) is 67.4 Å². The Labute approximate surface area is 177 Å². The predicted octanol–water partition coefficient (Wildman–Crippen LogP) is 5.03. The Balaban J connectivity index is 1.14. The first-order chi connectivity index (χ1) is 14.8. The lowest BCUT2D eigenvalue weighted by Gasteiger charge is -2.29. The van der Waals surface area contributed by atoms with Gasteiger partial charge in [0.2, 0.25) is 0 Å². The van der Waals surface area contributed by atoms with Crippen LogP contribution in [0.5, 0.6) is 0 Å². The summed E-state index contributed by atoms with van der Waals surface area (Å²) in [4.78, 5) is 3.44.